The van der Waals surface area contributed by atoms with Crippen molar-refractivity contribution in [1.29, 1.82) is 0 Å². The number of halogens is 1. The van der Waals surface area contributed by atoms with Gasteiger partial charge < -0.3 is 30.3 Å². The Hall–Kier alpha value is -6.02. The molecule has 0 bridgehead atoms. The van der Waals surface area contributed by atoms with E-state index in [1.54, 1.807) is 48.5 Å². The van der Waals surface area contributed by atoms with E-state index in [4.69, 9.17) is 11.6 Å². The number of rotatable bonds is 9. The van der Waals surface area contributed by atoms with Crippen molar-refractivity contribution in [3.63, 3.8) is 0 Å². The molecule has 0 atom stereocenters. The van der Waals surface area contributed by atoms with E-state index in [2.05, 4.69) is 25.8 Å². The van der Waals surface area contributed by atoms with Crippen LogP contribution in [0.1, 0.15) is 6.92 Å². The number of nitro benzene ring substituents is 2. The molecule has 0 aliphatic heterocycles. The average Bonchev–Trinajstić information content (AvgIpc) is 3.16. The van der Waals surface area contributed by atoms with Crippen LogP contribution in [0, 0.1) is 20.2 Å². The van der Waals surface area contributed by atoms with Gasteiger partial charge in [-0.15, -0.1) is 5.11 Å². The summed E-state index contributed by atoms with van der Waals surface area (Å²) in [7, 11) is -5.11. The van der Waals surface area contributed by atoms with Crippen LogP contribution in [0.3, 0.4) is 0 Å². The monoisotopic (exact) mass is 886 g/mol. The van der Waals surface area contributed by atoms with Gasteiger partial charge in [0.15, 0.2) is 5.70 Å². The molecular formula is C36H22ClCrN7NaO12S. The molecule has 19 nitrogen and oxygen atoms in total. The summed E-state index contributed by atoms with van der Waals surface area (Å²) in [5, 5.41) is 86.4. The minimum atomic E-state index is -5.11. The minimum absolute atomic E-state index is 0. The largest absolute Gasteiger partial charge is 3.00 e. The van der Waals surface area contributed by atoms with Gasteiger partial charge >= 0.3 is 46.9 Å². The van der Waals surface area contributed by atoms with Crippen molar-refractivity contribution in [2.75, 3.05) is 5.32 Å². The van der Waals surface area contributed by atoms with Gasteiger partial charge in [0.2, 0.25) is 0 Å². The Balaban J connectivity index is 0.000000310. The van der Waals surface area contributed by atoms with E-state index in [1.165, 1.54) is 19.1 Å². The van der Waals surface area contributed by atoms with Crippen molar-refractivity contribution in [1.82, 2.24) is 0 Å². The molecule has 0 heterocycles. The van der Waals surface area contributed by atoms with Gasteiger partial charge in [-0.1, -0.05) is 83.4 Å². The average molecular weight is 887 g/mol. The van der Waals surface area contributed by atoms with Crippen LogP contribution < -0.4 is 50.2 Å². The smallest absolute Gasteiger partial charge is 0.871 e. The maximum atomic E-state index is 12.5. The summed E-state index contributed by atoms with van der Waals surface area (Å²) in [4.78, 5) is 31.7. The molecule has 0 fully saturated rings. The second-order valence-electron chi connectivity index (χ2n) is 11.5. The second kappa shape index (κ2) is 20.1. The van der Waals surface area contributed by atoms with Crippen LogP contribution in [0.15, 0.2) is 140 Å². The molecule has 59 heavy (non-hydrogen) atoms. The molecule has 6 aromatic rings. The SMILES string of the molecule is CC(O)=C(N=Nc1cc([N+](=O)[O-])ccc1[O-])C(=O)Nc1ccccc1Cl.O=[N+]([O-])c1ccc2c(N=Nc3c([O-])ccc4ccccc34)c([O-])cc(S(=O)(=O)[O-])c2c1.[Cr+3].[Na+]. The third-order valence-corrected chi connectivity index (χ3v) is 8.91. The molecule has 2 N–H and O–H groups in total. The maximum absolute atomic E-state index is 12.5. The van der Waals surface area contributed by atoms with Gasteiger partial charge in [0, 0.05) is 40.4 Å². The van der Waals surface area contributed by atoms with Gasteiger partial charge in [-0.25, -0.2) is 8.42 Å². The fourth-order valence-electron chi connectivity index (χ4n) is 5.03. The molecule has 0 unspecified atom stereocenters. The van der Waals surface area contributed by atoms with Crippen LogP contribution >= 0.6 is 11.6 Å². The molecule has 0 spiro atoms. The molecule has 23 heteroatoms. The summed E-state index contributed by atoms with van der Waals surface area (Å²) >= 11 is 5.94. The first-order chi connectivity index (χ1) is 27.0. The Morgan fingerprint density at radius 2 is 1.31 bits per heavy atom. The molecule has 0 aromatic heterocycles. The van der Waals surface area contributed by atoms with Crippen molar-refractivity contribution < 1.29 is 95.0 Å². The van der Waals surface area contributed by atoms with Crippen LogP contribution in [0.5, 0.6) is 17.2 Å². The fraction of sp³-hybridized carbons (Fsp3) is 0.0278. The van der Waals surface area contributed by atoms with Crippen molar-refractivity contribution in [3.8, 4) is 17.2 Å². The number of hydrogen-bond donors (Lipinski definition) is 2. The van der Waals surface area contributed by atoms with Gasteiger partial charge in [-0.2, -0.15) is 15.3 Å². The summed E-state index contributed by atoms with van der Waals surface area (Å²) in [6.45, 7) is 1.20. The molecule has 0 aliphatic rings. The fourth-order valence-corrected chi connectivity index (χ4v) is 5.90. The maximum Gasteiger partial charge on any atom is 3.00 e. The number of aliphatic hydroxyl groups is 1. The predicted octanol–water partition coefficient (Wildman–Crippen LogP) is 4.20. The van der Waals surface area contributed by atoms with E-state index in [1.807, 2.05) is 0 Å². The molecule has 0 saturated carbocycles. The van der Waals surface area contributed by atoms with Gasteiger partial charge in [0.1, 0.15) is 15.9 Å². The Morgan fingerprint density at radius 1 is 0.729 bits per heavy atom. The number of carbonyl (C=O) groups excluding carboxylic acids is 1. The normalized spacial score (nSPS) is 11.6. The zero-order chi connectivity index (χ0) is 41.6. The molecule has 1 amide bonds. The summed E-state index contributed by atoms with van der Waals surface area (Å²) < 4.78 is 34.8. The number of nitro groups is 2. The number of hydrogen-bond acceptors (Lipinski definition) is 16. The van der Waals surface area contributed by atoms with Crippen molar-refractivity contribution in [2.24, 2.45) is 20.5 Å². The number of aliphatic hydroxyl groups excluding tert-OH is 1. The number of azo groups is 2. The number of amides is 1. The standard InChI is InChI=1S/C20H13N3O7S.C16H13ClN4O5.Cr.Na/c24-16-8-5-11-3-1-2-4-13(11)19(16)21-22-20-14-7-6-12(23(26)27)9-15(14)18(10-17(20)25)31(28,29)30;1-9(22)15(16(24)18-12-5-3-2-4-11(12)17)20-19-13-8-10(21(25)26)6-7-14(13)23;;/h1-10,24-25H,(H,28,29,30);2-8,22-23H,1H3,(H,18,24);;/q;;+3;+1/p-4. The van der Waals surface area contributed by atoms with Gasteiger partial charge in [0.25, 0.3) is 17.3 Å². The Kier molecular flexibility index (Phi) is 16.1. The zero-order valence-electron chi connectivity index (χ0n) is 30.1. The van der Waals surface area contributed by atoms with Crippen LogP contribution in [-0.2, 0) is 32.3 Å². The molecule has 6 rings (SSSR count). The molecule has 6 aromatic carbocycles. The first kappa shape index (κ1) is 47.4. The van der Waals surface area contributed by atoms with Crippen molar-refractivity contribution in [3.05, 3.63) is 140 Å². The topological polar surface area (TPSA) is 311 Å². The Morgan fingerprint density at radius 3 is 1.93 bits per heavy atom. The summed E-state index contributed by atoms with van der Waals surface area (Å²) in [5.74, 6) is -3.29. The zero-order valence-corrected chi connectivity index (χ0v) is 35.0. The number of non-ortho nitro benzene ring substituents is 2. The van der Waals surface area contributed by atoms with Gasteiger partial charge in [0.05, 0.1) is 42.5 Å². The summed E-state index contributed by atoms with van der Waals surface area (Å²) in [6, 6.07) is 22.7. The molecule has 0 aliphatic carbocycles. The Bertz CT molecular complexity index is 2820. The quantitative estimate of drug-likeness (QED) is 0.0393. The van der Waals surface area contributed by atoms with Gasteiger partial charge in [-0.3, -0.25) is 25.0 Å². The number of benzene rings is 6. The van der Waals surface area contributed by atoms with E-state index in [0.29, 0.717) is 16.8 Å². The summed E-state index contributed by atoms with van der Waals surface area (Å²) in [6.07, 6.45) is 0. The summed E-state index contributed by atoms with van der Waals surface area (Å²) in [5.41, 5.74) is -1.76. The van der Waals surface area contributed by atoms with E-state index in [9.17, 15) is 58.4 Å². The Labute approximate surface area is 370 Å². The third kappa shape index (κ3) is 11.3. The van der Waals surface area contributed by atoms with Crippen molar-refractivity contribution >= 4 is 83.3 Å². The molecule has 293 valence electrons. The van der Waals surface area contributed by atoms with E-state index >= 15 is 0 Å². The van der Waals surface area contributed by atoms with Crippen LogP contribution in [0.4, 0.5) is 34.1 Å². The first-order valence-electron chi connectivity index (χ1n) is 15.8. The van der Waals surface area contributed by atoms with Crippen LogP contribution in [-0.4, -0.2) is 33.8 Å². The predicted molar refractivity (Wildman–Crippen MR) is 198 cm³/mol. The number of carbonyl (C=O) groups is 1. The number of nitrogens with one attached hydrogen (secondary N) is 1. The van der Waals surface area contributed by atoms with Crippen molar-refractivity contribution in [2.45, 2.75) is 11.8 Å². The first-order valence-corrected chi connectivity index (χ1v) is 17.6. The molecule has 1 radical (unpaired) electrons. The van der Waals surface area contributed by atoms with E-state index in [-0.39, 0.29) is 91.2 Å². The van der Waals surface area contributed by atoms with Crippen LogP contribution in [0.25, 0.3) is 21.5 Å². The van der Waals surface area contributed by atoms with Crippen LogP contribution in [0.2, 0.25) is 5.02 Å². The molecular weight excluding hydrogens is 865 g/mol. The number of allylic oxidation sites excluding steroid dienone is 1. The number of para-hydroxylation sites is 1. The van der Waals surface area contributed by atoms with E-state index < -0.39 is 65.2 Å². The molecule has 0 saturated heterocycles. The second-order valence-corrected chi connectivity index (χ2v) is 13.2. The minimum Gasteiger partial charge on any atom is -0.871 e. The number of anilines is 1. The van der Waals surface area contributed by atoms with Gasteiger partial charge in [-0.05, 0) is 36.6 Å². The van der Waals surface area contributed by atoms with E-state index in [0.717, 1.165) is 36.4 Å². The number of fused-ring (bicyclic) bond motifs is 2. The number of nitrogens with zero attached hydrogens (tertiary/aromatic N) is 6. The third-order valence-electron chi connectivity index (χ3n) is 7.70.